The van der Waals surface area contributed by atoms with Crippen molar-refractivity contribution >= 4 is 11.9 Å². The molecule has 0 spiro atoms. The highest BCUT2D eigenvalue weighted by molar-refractivity contribution is 5.79. The predicted molar refractivity (Wildman–Crippen MR) is 109 cm³/mol. The van der Waals surface area contributed by atoms with E-state index in [0.29, 0.717) is 25.5 Å². The number of anilines is 1. The molecule has 2 heterocycles. The number of methoxy groups -OCH3 is 1. The lowest BCUT2D eigenvalue weighted by molar-refractivity contribution is -0.131. The molecule has 1 aliphatic heterocycles. The van der Waals surface area contributed by atoms with E-state index >= 15 is 0 Å². The smallest absolute Gasteiger partial charge is 0.247 e. The molecule has 1 aliphatic rings. The summed E-state index contributed by atoms with van der Waals surface area (Å²) in [6.45, 7) is 1.41. The number of nitrogens with zero attached hydrogens (tertiary/aromatic N) is 5. The molecule has 150 valence electrons. The number of aromatic nitrogens is 4. The largest absolute Gasteiger partial charge is 0.496 e. The van der Waals surface area contributed by atoms with Crippen LogP contribution in [0.1, 0.15) is 18.4 Å². The molecule has 0 aliphatic carbocycles. The van der Waals surface area contributed by atoms with E-state index < -0.39 is 0 Å². The molecule has 29 heavy (non-hydrogen) atoms. The normalized spacial score (nSPS) is 14.6. The van der Waals surface area contributed by atoms with E-state index in [-0.39, 0.29) is 11.9 Å². The lowest BCUT2D eigenvalue weighted by Crippen LogP contribution is -2.43. The van der Waals surface area contributed by atoms with Crippen LogP contribution in [-0.4, -0.2) is 57.3 Å². The van der Waals surface area contributed by atoms with Crippen LogP contribution in [0.3, 0.4) is 0 Å². The molecule has 2 aromatic carbocycles. The number of rotatable bonds is 6. The van der Waals surface area contributed by atoms with Gasteiger partial charge in [-0.05, 0) is 41.5 Å². The van der Waals surface area contributed by atoms with Crippen LogP contribution in [0, 0.1) is 0 Å². The molecule has 8 heteroatoms. The zero-order valence-electron chi connectivity index (χ0n) is 16.4. The number of nitrogens with one attached hydrogen (secondary N) is 1. The quantitative estimate of drug-likeness (QED) is 0.693. The van der Waals surface area contributed by atoms with E-state index in [1.807, 2.05) is 59.5 Å². The van der Waals surface area contributed by atoms with Crippen molar-refractivity contribution in [3.8, 4) is 11.4 Å². The topological polar surface area (TPSA) is 85.2 Å². The van der Waals surface area contributed by atoms with E-state index in [4.69, 9.17) is 4.74 Å². The third-order valence-electron chi connectivity index (χ3n) is 5.19. The summed E-state index contributed by atoms with van der Waals surface area (Å²) >= 11 is 0. The molecule has 4 rings (SSSR count). The molecule has 1 saturated heterocycles. The van der Waals surface area contributed by atoms with Crippen molar-refractivity contribution in [2.75, 3.05) is 25.5 Å². The fourth-order valence-corrected chi connectivity index (χ4v) is 3.60. The van der Waals surface area contributed by atoms with Gasteiger partial charge in [0.25, 0.3) is 0 Å². The minimum Gasteiger partial charge on any atom is -0.496 e. The van der Waals surface area contributed by atoms with E-state index in [9.17, 15) is 4.79 Å². The third kappa shape index (κ3) is 4.37. The van der Waals surface area contributed by atoms with Gasteiger partial charge in [-0.2, -0.15) is 4.68 Å². The van der Waals surface area contributed by atoms with E-state index in [1.165, 1.54) is 0 Å². The monoisotopic (exact) mass is 392 g/mol. The molecule has 0 atom stereocenters. The number of piperidine rings is 1. The summed E-state index contributed by atoms with van der Waals surface area (Å²) in [7, 11) is 1.63. The summed E-state index contributed by atoms with van der Waals surface area (Å²) in [6.07, 6.45) is 2.05. The van der Waals surface area contributed by atoms with Gasteiger partial charge in [-0.15, -0.1) is 0 Å². The molecule has 1 amide bonds. The number of carbonyl (C=O) groups is 1. The number of tetrazole rings is 1. The summed E-state index contributed by atoms with van der Waals surface area (Å²) < 4.78 is 7.05. The second-order valence-corrected chi connectivity index (χ2v) is 7.04. The number of hydrogen-bond acceptors (Lipinski definition) is 6. The molecule has 3 aromatic rings. The van der Waals surface area contributed by atoms with Gasteiger partial charge in [-0.3, -0.25) is 4.79 Å². The van der Waals surface area contributed by atoms with Crippen molar-refractivity contribution in [2.24, 2.45) is 0 Å². The first kappa shape index (κ1) is 18.9. The highest BCUT2D eigenvalue weighted by Crippen LogP contribution is 2.21. The van der Waals surface area contributed by atoms with Crippen molar-refractivity contribution < 1.29 is 9.53 Å². The Bertz CT molecular complexity index is 951. The summed E-state index contributed by atoms with van der Waals surface area (Å²) in [5.41, 5.74) is 1.83. The zero-order valence-corrected chi connectivity index (χ0v) is 16.4. The second-order valence-electron chi connectivity index (χ2n) is 7.04. The first-order valence-corrected chi connectivity index (χ1v) is 9.74. The van der Waals surface area contributed by atoms with Crippen molar-refractivity contribution in [1.82, 2.24) is 25.1 Å². The number of para-hydroxylation sites is 2. The Morgan fingerprint density at radius 2 is 1.83 bits per heavy atom. The van der Waals surface area contributed by atoms with E-state index in [2.05, 4.69) is 20.8 Å². The molecular formula is C21H24N6O2. The van der Waals surface area contributed by atoms with Crippen LogP contribution in [-0.2, 0) is 11.2 Å². The Kier molecular flexibility index (Phi) is 5.69. The lowest BCUT2D eigenvalue weighted by Gasteiger charge is -2.32. The van der Waals surface area contributed by atoms with Crippen LogP contribution < -0.4 is 10.1 Å². The Hall–Kier alpha value is -3.42. The highest BCUT2D eigenvalue weighted by atomic mass is 16.5. The molecular weight excluding hydrogens is 368 g/mol. The second kappa shape index (κ2) is 8.72. The predicted octanol–water partition coefficient (Wildman–Crippen LogP) is 2.32. The minimum absolute atomic E-state index is 0.127. The number of hydrogen-bond donors (Lipinski definition) is 1. The SMILES string of the molecule is COc1ccccc1CC(=O)N1CCC(Nc2nnnn2-c2ccccc2)CC1. The number of carbonyl (C=O) groups excluding carboxylic acids is 1. The molecule has 0 unspecified atom stereocenters. The fraction of sp³-hybridized carbons (Fsp3) is 0.333. The van der Waals surface area contributed by atoms with Gasteiger partial charge in [-0.25, -0.2) is 0 Å². The Balaban J connectivity index is 1.33. The summed E-state index contributed by atoms with van der Waals surface area (Å²) in [6, 6.07) is 17.7. The number of ether oxygens (including phenoxy) is 1. The van der Waals surface area contributed by atoms with Crippen molar-refractivity contribution in [3.63, 3.8) is 0 Å². The Labute approximate surface area is 169 Å². The number of amides is 1. The lowest BCUT2D eigenvalue weighted by atomic mass is 10.0. The maximum Gasteiger partial charge on any atom is 0.247 e. The number of benzene rings is 2. The van der Waals surface area contributed by atoms with Crippen LogP contribution in [0.2, 0.25) is 0 Å². The molecule has 0 radical (unpaired) electrons. The average Bonchev–Trinajstić information content (AvgIpc) is 3.23. The maximum atomic E-state index is 12.7. The Morgan fingerprint density at radius 3 is 2.59 bits per heavy atom. The zero-order chi connectivity index (χ0) is 20.1. The van der Waals surface area contributed by atoms with Crippen LogP contribution in [0.25, 0.3) is 5.69 Å². The van der Waals surface area contributed by atoms with Crippen molar-refractivity contribution in [1.29, 1.82) is 0 Å². The fourth-order valence-electron chi connectivity index (χ4n) is 3.60. The van der Waals surface area contributed by atoms with Gasteiger partial charge in [-0.1, -0.05) is 41.5 Å². The van der Waals surface area contributed by atoms with Crippen molar-refractivity contribution in [2.45, 2.75) is 25.3 Å². The summed E-state index contributed by atoms with van der Waals surface area (Å²) in [5, 5.41) is 15.4. The Morgan fingerprint density at radius 1 is 1.10 bits per heavy atom. The molecule has 0 bridgehead atoms. The van der Waals surface area contributed by atoms with Gasteiger partial charge >= 0.3 is 0 Å². The molecule has 1 fully saturated rings. The van der Waals surface area contributed by atoms with Crippen LogP contribution in [0.4, 0.5) is 5.95 Å². The average molecular weight is 392 g/mol. The summed E-state index contributed by atoms with van der Waals surface area (Å²) in [4.78, 5) is 14.6. The third-order valence-corrected chi connectivity index (χ3v) is 5.19. The van der Waals surface area contributed by atoms with Gasteiger partial charge in [0.2, 0.25) is 11.9 Å². The summed E-state index contributed by atoms with van der Waals surface area (Å²) in [5.74, 6) is 1.50. The van der Waals surface area contributed by atoms with Gasteiger partial charge in [0.05, 0.1) is 19.2 Å². The van der Waals surface area contributed by atoms with Gasteiger partial charge < -0.3 is 15.0 Å². The van der Waals surface area contributed by atoms with Crippen molar-refractivity contribution in [3.05, 3.63) is 60.2 Å². The van der Waals surface area contributed by atoms with Gasteiger partial charge in [0, 0.05) is 24.7 Å². The standard InChI is InChI=1S/C21H24N6O2/c1-29-19-10-6-5-7-16(19)15-20(28)26-13-11-17(12-14-26)22-21-23-24-25-27(21)18-8-3-2-4-9-18/h2-10,17H,11-15H2,1H3,(H,22,23,25). The first-order valence-electron chi connectivity index (χ1n) is 9.74. The highest BCUT2D eigenvalue weighted by Gasteiger charge is 2.24. The molecule has 1 aromatic heterocycles. The first-order chi connectivity index (χ1) is 14.2. The van der Waals surface area contributed by atoms with Crippen LogP contribution in [0.5, 0.6) is 5.75 Å². The van der Waals surface area contributed by atoms with Crippen LogP contribution in [0.15, 0.2) is 54.6 Å². The molecule has 8 nitrogen and oxygen atoms in total. The van der Waals surface area contributed by atoms with Gasteiger partial charge in [0.1, 0.15) is 5.75 Å². The van der Waals surface area contributed by atoms with E-state index in [0.717, 1.165) is 29.8 Å². The maximum absolute atomic E-state index is 12.7. The number of likely N-dealkylation sites (tertiary alicyclic amines) is 1. The van der Waals surface area contributed by atoms with Gasteiger partial charge in [0.15, 0.2) is 0 Å². The molecule has 1 N–H and O–H groups in total. The van der Waals surface area contributed by atoms with Crippen LogP contribution >= 0.6 is 0 Å². The molecule has 0 saturated carbocycles. The van der Waals surface area contributed by atoms with E-state index in [1.54, 1.807) is 11.8 Å². The minimum atomic E-state index is 0.127.